The molecule has 3 N–H and O–H groups in total. The van der Waals surface area contributed by atoms with E-state index in [2.05, 4.69) is 20.8 Å². The summed E-state index contributed by atoms with van der Waals surface area (Å²) in [5, 5.41) is 9.72. The number of rotatable bonds is 3. The van der Waals surface area contributed by atoms with Crippen LogP contribution in [-0.2, 0) is 5.41 Å². The van der Waals surface area contributed by atoms with Gasteiger partial charge in [0, 0.05) is 5.56 Å². The quantitative estimate of drug-likeness (QED) is 0.820. The van der Waals surface area contributed by atoms with Crippen molar-refractivity contribution in [2.45, 2.75) is 32.6 Å². The zero-order chi connectivity index (χ0) is 12.2. The molecule has 0 aliphatic rings. The van der Waals surface area contributed by atoms with E-state index in [4.69, 9.17) is 5.73 Å². The third-order valence-corrected chi connectivity index (χ3v) is 2.52. The normalized spacial score (nSPS) is 12.2. The SMILES string of the molecule is CC(C)(C)c1ccc(O)c(C=CCCN)c1. The van der Waals surface area contributed by atoms with Gasteiger partial charge in [-0.1, -0.05) is 39.0 Å². The van der Waals surface area contributed by atoms with E-state index in [1.54, 1.807) is 6.07 Å². The van der Waals surface area contributed by atoms with E-state index in [-0.39, 0.29) is 5.41 Å². The number of hydrogen-bond acceptors (Lipinski definition) is 2. The zero-order valence-electron chi connectivity index (χ0n) is 10.3. The van der Waals surface area contributed by atoms with E-state index in [9.17, 15) is 5.11 Å². The van der Waals surface area contributed by atoms with Gasteiger partial charge in [0.05, 0.1) is 0 Å². The van der Waals surface area contributed by atoms with Crippen LogP contribution in [0, 0.1) is 0 Å². The molecule has 1 rings (SSSR count). The van der Waals surface area contributed by atoms with Gasteiger partial charge in [-0.15, -0.1) is 0 Å². The van der Waals surface area contributed by atoms with Crippen LogP contribution in [-0.4, -0.2) is 11.7 Å². The Bertz CT molecular complexity index is 375. The molecule has 0 aromatic heterocycles. The minimum atomic E-state index is 0.101. The van der Waals surface area contributed by atoms with Crippen LogP contribution in [0.2, 0.25) is 0 Å². The van der Waals surface area contributed by atoms with Crippen LogP contribution in [0.1, 0.15) is 38.3 Å². The Morgan fingerprint density at radius 1 is 1.31 bits per heavy atom. The predicted molar refractivity (Wildman–Crippen MR) is 69.5 cm³/mol. The Morgan fingerprint density at radius 2 is 2.00 bits per heavy atom. The first-order valence-electron chi connectivity index (χ1n) is 5.65. The van der Waals surface area contributed by atoms with E-state index in [0.717, 1.165) is 12.0 Å². The molecule has 0 amide bonds. The van der Waals surface area contributed by atoms with Crippen molar-refractivity contribution < 1.29 is 5.11 Å². The number of phenolic OH excluding ortho intramolecular Hbond substituents is 1. The highest BCUT2D eigenvalue weighted by molar-refractivity contribution is 5.58. The molecule has 0 aliphatic heterocycles. The van der Waals surface area contributed by atoms with Gasteiger partial charge in [0.2, 0.25) is 0 Å². The number of benzene rings is 1. The van der Waals surface area contributed by atoms with Gasteiger partial charge in [0.25, 0.3) is 0 Å². The second-order valence-electron chi connectivity index (χ2n) is 5.00. The topological polar surface area (TPSA) is 46.2 Å². The molecule has 88 valence electrons. The lowest BCUT2D eigenvalue weighted by Gasteiger charge is -2.19. The fourth-order valence-corrected chi connectivity index (χ4v) is 1.46. The lowest BCUT2D eigenvalue weighted by atomic mass is 9.86. The van der Waals surface area contributed by atoms with Crippen LogP contribution in [0.25, 0.3) is 6.08 Å². The van der Waals surface area contributed by atoms with Crippen LogP contribution < -0.4 is 5.73 Å². The Kier molecular flexibility index (Phi) is 4.13. The highest BCUT2D eigenvalue weighted by Crippen LogP contribution is 2.28. The molecule has 16 heavy (non-hydrogen) atoms. The van der Waals surface area contributed by atoms with Crippen molar-refractivity contribution in [2.75, 3.05) is 6.54 Å². The summed E-state index contributed by atoms with van der Waals surface area (Å²) < 4.78 is 0. The van der Waals surface area contributed by atoms with Crippen molar-refractivity contribution in [2.24, 2.45) is 5.73 Å². The molecule has 0 radical (unpaired) electrons. The molecule has 2 heteroatoms. The maximum absolute atomic E-state index is 9.72. The standard InChI is InChI=1S/C14H21NO/c1-14(2,3)12-7-8-13(16)11(10-12)6-4-5-9-15/h4,6-8,10,16H,5,9,15H2,1-3H3. The van der Waals surface area contributed by atoms with E-state index in [0.29, 0.717) is 12.3 Å². The zero-order valence-corrected chi connectivity index (χ0v) is 10.3. The maximum atomic E-state index is 9.72. The van der Waals surface area contributed by atoms with Crippen LogP contribution >= 0.6 is 0 Å². The molecular weight excluding hydrogens is 198 g/mol. The third-order valence-electron chi connectivity index (χ3n) is 2.52. The van der Waals surface area contributed by atoms with Crippen LogP contribution in [0.3, 0.4) is 0 Å². The summed E-state index contributed by atoms with van der Waals surface area (Å²) in [4.78, 5) is 0. The fourth-order valence-electron chi connectivity index (χ4n) is 1.46. The Morgan fingerprint density at radius 3 is 2.56 bits per heavy atom. The van der Waals surface area contributed by atoms with Crippen LogP contribution in [0.15, 0.2) is 24.3 Å². The fraction of sp³-hybridized carbons (Fsp3) is 0.429. The molecule has 0 spiro atoms. The van der Waals surface area contributed by atoms with E-state index in [1.807, 2.05) is 24.3 Å². The summed E-state index contributed by atoms with van der Waals surface area (Å²) in [6.45, 7) is 7.11. The average Bonchev–Trinajstić information content (AvgIpc) is 2.19. The molecule has 0 saturated heterocycles. The summed E-state index contributed by atoms with van der Waals surface area (Å²) in [6.07, 6.45) is 4.75. The number of nitrogens with two attached hydrogens (primary N) is 1. The van der Waals surface area contributed by atoms with Crippen LogP contribution in [0.4, 0.5) is 0 Å². The van der Waals surface area contributed by atoms with Gasteiger partial charge in [-0.3, -0.25) is 0 Å². The number of aromatic hydroxyl groups is 1. The minimum absolute atomic E-state index is 0.101. The van der Waals surface area contributed by atoms with Crippen molar-refractivity contribution in [3.63, 3.8) is 0 Å². The number of hydrogen-bond donors (Lipinski definition) is 2. The van der Waals surface area contributed by atoms with Gasteiger partial charge in [0.1, 0.15) is 5.75 Å². The summed E-state index contributed by atoms with van der Waals surface area (Å²) in [5.74, 6) is 0.321. The maximum Gasteiger partial charge on any atom is 0.122 e. The molecule has 1 aromatic rings. The lowest BCUT2D eigenvalue weighted by molar-refractivity contribution is 0.472. The lowest BCUT2D eigenvalue weighted by Crippen LogP contribution is -2.10. The molecule has 0 aliphatic carbocycles. The summed E-state index contributed by atoms with van der Waals surface area (Å²) in [6, 6.07) is 5.75. The second kappa shape index (κ2) is 5.17. The van der Waals surface area contributed by atoms with E-state index >= 15 is 0 Å². The summed E-state index contributed by atoms with van der Waals surface area (Å²) in [7, 11) is 0. The largest absolute Gasteiger partial charge is 0.507 e. The van der Waals surface area contributed by atoms with Crippen molar-refractivity contribution >= 4 is 6.08 Å². The summed E-state index contributed by atoms with van der Waals surface area (Å²) in [5.41, 5.74) is 7.60. The first-order chi connectivity index (χ1) is 7.45. The highest BCUT2D eigenvalue weighted by Gasteiger charge is 2.14. The van der Waals surface area contributed by atoms with Crippen LogP contribution in [0.5, 0.6) is 5.75 Å². The van der Waals surface area contributed by atoms with Gasteiger partial charge < -0.3 is 10.8 Å². The average molecular weight is 219 g/mol. The Hall–Kier alpha value is -1.28. The third kappa shape index (κ3) is 3.38. The van der Waals surface area contributed by atoms with Gasteiger partial charge in [0.15, 0.2) is 0 Å². The van der Waals surface area contributed by atoms with Crippen molar-refractivity contribution in [3.8, 4) is 5.75 Å². The Balaban J connectivity index is 3.00. The Labute approximate surface area is 97.8 Å². The monoisotopic (exact) mass is 219 g/mol. The molecule has 0 heterocycles. The molecule has 0 unspecified atom stereocenters. The molecule has 1 aromatic carbocycles. The second-order valence-corrected chi connectivity index (χ2v) is 5.00. The smallest absolute Gasteiger partial charge is 0.122 e. The molecule has 0 fully saturated rings. The molecule has 2 nitrogen and oxygen atoms in total. The predicted octanol–water partition coefficient (Wildman–Crippen LogP) is 3.05. The first kappa shape index (κ1) is 12.8. The van der Waals surface area contributed by atoms with Gasteiger partial charge >= 0.3 is 0 Å². The highest BCUT2D eigenvalue weighted by atomic mass is 16.3. The molecule has 0 atom stereocenters. The van der Waals surface area contributed by atoms with Gasteiger partial charge in [-0.2, -0.15) is 0 Å². The van der Waals surface area contributed by atoms with Gasteiger partial charge in [-0.25, -0.2) is 0 Å². The van der Waals surface area contributed by atoms with Crippen molar-refractivity contribution in [3.05, 3.63) is 35.4 Å². The van der Waals surface area contributed by atoms with E-state index in [1.165, 1.54) is 5.56 Å². The van der Waals surface area contributed by atoms with Crippen molar-refractivity contribution in [1.29, 1.82) is 0 Å². The van der Waals surface area contributed by atoms with E-state index < -0.39 is 0 Å². The molecule has 0 saturated carbocycles. The first-order valence-corrected chi connectivity index (χ1v) is 5.65. The molecule has 0 bridgehead atoms. The molecular formula is C14H21NO. The van der Waals surface area contributed by atoms with Crippen molar-refractivity contribution in [1.82, 2.24) is 0 Å². The van der Waals surface area contributed by atoms with Gasteiger partial charge in [-0.05, 0) is 36.1 Å². The number of phenols is 1. The minimum Gasteiger partial charge on any atom is -0.507 e. The summed E-state index contributed by atoms with van der Waals surface area (Å²) >= 11 is 0.